The molecule has 0 spiro atoms. The van der Waals surface area contributed by atoms with E-state index in [-0.39, 0.29) is 6.42 Å². The first-order valence-electron chi connectivity index (χ1n) is 6.42. The first-order valence-corrected chi connectivity index (χ1v) is 6.42. The van der Waals surface area contributed by atoms with Crippen LogP contribution < -0.4 is 5.46 Å². The molecule has 0 aliphatic rings. The molecule has 0 aromatic heterocycles. The van der Waals surface area contributed by atoms with Gasteiger partial charge in [0.2, 0.25) is 0 Å². The molecule has 20 heavy (non-hydrogen) atoms. The van der Waals surface area contributed by atoms with Gasteiger partial charge in [-0.05, 0) is 38.7 Å². The molecule has 0 atom stereocenters. The maximum atomic E-state index is 10.7. The molecule has 0 saturated carbocycles. The Bertz CT molecular complexity index is 479. The van der Waals surface area contributed by atoms with Crippen molar-refractivity contribution < 1.29 is 24.7 Å². The fraction of sp³-hybridized carbons (Fsp3) is 0.500. The van der Waals surface area contributed by atoms with E-state index in [1.54, 1.807) is 52.0 Å². The van der Waals surface area contributed by atoms with Gasteiger partial charge in [-0.15, -0.1) is 0 Å². The molecule has 0 heterocycles. The van der Waals surface area contributed by atoms with E-state index in [2.05, 4.69) is 0 Å². The number of aliphatic hydroxyl groups is 1. The van der Waals surface area contributed by atoms with Crippen molar-refractivity contribution in [2.75, 3.05) is 0 Å². The minimum absolute atomic E-state index is 0.116. The summed E-state index contributed by atoms with van der Waals surface area (Å²) in [7, 11) is -1.23. The molecular weight excluding hydrogens is 259 g/mol. The summed E-state index contributed by atoms with van der Waals surface area (Å²) >= 11 is 0. The van der Waals surface area contributed by atoms with E-state index in [4.69, 9.17) is 9.76 Å². The number of aliphatic carboxylic acids is 1. The summed E-state index contributed by atoms with van der Waals surface area (Å²) in [5, 5.41) is 28.9. The van der Waals surface area contributed by atoms with Crippen LogP contribution in [-0.4, -0.2) is 39.5 Å². The molecule has 0 saturated heterocycles. The van der Waals surface area contributed by atoms with E-state index in [0.29, 0.717) is 11.0 Å². The molecular formula is C14H21BO5. The second kappa shape index (κ2) is 5.95. The monoisotopic (exact) mass is 280 g/mol. The summed E-state index contributed by atoms with van der Waals surface area (Å²) in [4.78, 5) is 10.7. The molecule has 1 aromatic carbocycles. The summed E-state index contributed by atoms with van der Waals surface area (Å²) in [6, 6.07) is 6.57. The molecule has 110 valence electrons. The van der Waals surface area contributed by atoms with E-state index in [0.717, 1.165) is 0 Å². The zero-order valence-corrected chi connectivity index (χ0v) is 12.3. The Morgan fingerprint density at radius 1 is 1.30 bits per heavy atom. The van der Waals surface area contributed by atoms with E-state index in [9.17, 15) is 14.9 Å². The molecule has 5 nitrogen and oxygen atoms in total. The van der Waals surface area contributed by atoms with E-state index < -0.39 is 24.3 Å². The van der Waals surface area contributed by atoms with Crippen LogP contribution in [0.25, 0.3) is 0 Å². The Kier molecular flexibility index (Phi) is 4.97. The molecule has 0 fully saturated rings. The van der Waals surface area contributed by atoms with Crippen LogP contribution in [0.2, 0.25) is 0 Å². The Morgan fingerprint density at radius 3 is 2.40 bits per heavy atom. The average Bonchev–Trinajstić information content (AvgIpc) is 2.26. The van der Waals surface area contributed by atoms with Crippen molar-refractivity contribution in [1.82, 2.24) is 0 Å². The van der Waals surface area contributed by atoms with Gasteiger partial charge in [0, 0.05) is 0 Å². The third-order valence-electron chi connectivity index (χ3n) is 3.47. The topological polar surface area (TPSA) is 87.0 Å². The van der Waals surface area contributed by atoms with Crippen LogP contribution in [0.4, 0.5) is 0 Å². The minimum Gasteiger partial charge on any atom is -0.481 e. The van der Waals surface area contributed by atoms with Gasteiger partial charge in [-0.1, -0.05) is 24.3 Å². The Balaban J connectivity index is 2.87. The first kappa shape index (κ1) is 16.7. The van der Waals surface area contributed by atoms with Gasteiger partial charge in [0.25, 0.3) is 0 Å². The lowest BCUT2D eigenvalue weighted by Gasteiger charge is -2.38. The van der Waals surface area contributed by atoms with E-state index >= 15 is 0 Å². The fourth-order valence-corrected chi connectivity index (χ4v) is 1.52. The standard InChI is InChI=1S/C14H21BO5/c1-13(2,18)14(3,4)20-15(19)11-7-5-6-10(8-11)9-12(16)17/h5-8,18-19H,9H2,1-4H3,(H,16,17). The predicted octanol–water partition coefficient (Wildman–Crippen LogP) is 0.567. The number of benzene rings is 1. The second-order valence-electron chi connectivity index (χ2n) is 5.86. The first-order chi connectivity index (χ1) is 9.03. The molecule has 0 bridgehead atoms. The van der Waals surface area contributed by atoms with Crippen molar-refractivity contribution in [3.05, 3.63) is 29.8 Å². The number of hydrogen-bond donors (Lipinski definition) is 3. The maximum Gasteiger partial charge on any atom is 0.491 e. The summed E-state index contributed by atoms with van der Waals surface area (Å²) in [6.07, 6.45) is -0.116. The lowest BCUT2D eigenvalue weighted by Crippen LogP contribution is -2.53. The quantitative estimate of drug-likeness (QED) is 0.663. The number of carbonyl (C=O) groups is 1. The molecule has 3 N–H and O–H groups in total. The maximum absolute atomic E-state index is 10.7. The second-order valence-corrected chi connectivity index (χ2v) is 5.86. The largest absolute Gasteiger partial charge is 0.491 e. The zero-order valence-electron chi connectivity index (χ0n) is 12.3. The molecule has 1 aromatic rings. The van der Waals surface area contributed by atoms with Crippen LogP contribution in [0.5, 0.6) is 0 Å². The highest BCUT2D eigenvalue weighted by atomic mass is 16.5. The number of rotatable bonds is 6. The summed E-state index contributed by atoms with van der Waals surface area (Å²) in [6.45, 7) is 6.55. The molecule has 1 rings (SSSR count). The van der Waals surface area contributed by atoms with Gasteiger partial charge >= 0.3 is 13.1 Å². The summed E-state index contributed by atoms with van der Waals surface area (Å²) < 4.78 is 5.51. The van der Waals surface area contributed by atoms with Crippen molar-refractivity contribution >= 4 is 18.6 Å². The van der Waals surface area contributed by atoms with Crippen LogP contribution >= 0.6 is 0 Å². The van der Waals surface area contributed by atoms with Gasteiger partial charge in [-0.25, -0.2) is 0 Å². The van der Waals surface area contributed by atoms with Gasteiger partial charge in [-0.3, -0.25) is 4.79 Å². The Hall–Kier alpha value is -1.37. The SMILES string of the molecule is CC(C)(O)C(C)(C)OB(O)c1cccc(CC(=O)O)c1. The average molecular weight is 280 g/mol. The van der Waals surface area contributed by atoms with Crippen LogP contribution in [0.3, 0.4) is 0 Å². The predicted molar refractivity (Wildman–Crippen MR) is 76.9 cm³/mol. The van der Waals surface area contributed by atoms with Crippen LogP contribution in [0, 0.1) is 0 Å². The van der Waals surface area contributed by atoms with Crippen molar-refractivity contribution in [3.8, 4) is 0 Å². The number of carboxylic acids is 1. The van der Waals surface area contributed by atoms with Crippen molar-refractivity contribution in [3.63, 3.8) is 0 Å². The Labute approximate surface area is 119 Å². The van der Waals surface area contributed by atoms with Crippen LogP contribution in [0.15, 0.2) is 24.3 Å². The molecule has 6 heteroatoms. The fourth-order valence-electron chi connectivity index (χ4n) is 1.52. The van der Waals surface area contributed by atoms with Gasteiger partial charge in [-0.2, -0.15) is 0 Å². The highest BCUT2D eigenvalue weighted by Gasteiger charge is 2.39. The number of hydrogen-bond acceptors (Lipinski definition) is 4. The molecule has 0 amide bonds. The molecule has 0 aliphatic carbocycles. The zero-order chi connectivity index (χ0) is 15.6. The highest BCUT2D eigenvalue weighted by Crippen LogP contribution is 2.25. The summed E-state index contributed by atoms with van der Waals surface area (Å²) in [5.41, 5.74) is -1.05. The third kappa shape index (κ3) is 4.33. The van der Waals surface area contributed by atoms with E-state index in [1.807, 2.05) is 0 Å². The minimum atomic E-state index is -1.23. The highest BCUT2D eigenvalue weighted by molar-refractivity contribution is 6.60. The normalized spacial score (nSPS) is 12.3. The van der Waals surface area contributed by atoms with Gasteiger partial charge in [0.15, 0.2) is 0 Å². The van der Waals surface area contributed by atoms with E-state index in [1.165, 1.54) is 0 Å². The third-order valence-corrected chi connectivity index (χ3v) is 3.47. The smallest absolute Gasteiger partial charge is 0.481 e. The summed E-state index contributed by atoms with van der Waals surface area (Å²) in [5.74, 6) is -0.936. The molecule has 0 unspecified atom stereocenters. The van der Waals surface area contributed by atoms with Crippen molar-refractivity contribution in [2.45, 2.75) is 45.3 Å². The number of carboxylic acid groups (broad SMARTS) is 1. The lowest BCUT2D eigenvalue weighted by atomic mass is 9.76. The van der Waals surface area contributed by atoms with Crippen molar-refractivity contribution in [1.29, 1.82) is 0 Å². The van der Waals surface area contributed by atoms with Gasteiger partial charge < -0.3 is 19.9 Å². The van der Waals surface area contributed by atoms with Crippen molar-refractivity contribution in [2.24, 2.45) is 0 Å². The molecule has 0 aliphatic heterocycles. The molecule has 0 radical (unpaired) electrons. The van der Waals surface area contributed by atoms with Gasteiger partial charge in [0.05, 0.1) is 17.6 Å². The Morgan fingerprint density at radius 2 is 1.90 bits per heavy atom. The lowest BCUT2D eigenvalue weighted by molar-refractivity contribution is -0.136. The van der Waals surface area contributed by atoms with Crippen LogP contribution in [0.1, 0.15) is 33.3 Å². The van der Waals surface area contributed by atoms with Crippen LogP contribution in [-0.2, 0) is 15.9 Å². The van der Waals surface area contributed by atoms with Gasteiger partial charge in [0.1, 0.15) is 0 Å².